The molecule has 1 saturated heterocycles. The first kappa shape index (κ1) is 13.7. The number of benzene rings is 1. The standard InChI is InChI=1S/C13H16N2O3S/c1-18-11-5-3-2-4-10(11)6-14-12(16)7-15-9-19-8-13(15)17/h2-5H,6-9H2,1H3,(H,14,16). The van der Waals surface area contributed by atoms with Gasteiger partial charge in [-0.25, -0.2) is 0 Å². The second-order valence-electron chi connectivity index (χ2n) is 4.16. The highest BCUT2D eigenvalue weighted by Crippen LogP contribution is 2.17. The van der Waals surface area contributed by atoms with Crippen molar-refractivity contribution in [3.8, 4) is 5.75 Å². The third kappa shape index (κ3) is 3.64. The number of para-hydroxylation sites is 1. The summed E-state index contributed by atoms with van der Waals surface area (Å²) in [6, 6.07) is 7.52. The van der Waals surface area contributed by atoms with Crippen LogP contribution in [0.2, 0.25) is 0 Å². The van der Waals surface area contributed by atoms with Gasteiger partial charge in [0.05, 0.1) is 18.7 Å². The Balaban J connectivity index is 1.84. The molecule has 0 unspecified atom stereocenters. The van der Waals surface area contributed by atoms with Gasteiger partial charge in [0.2, 0.25) is 11.8 Å². The molecule has 0 atom stereocenters. The van der Waals surface area contributed by atoms with Gasteiger partial charge in [-0.05, 0) is 6.07 Å². The predicted octanol–water partition coefficient (Wildman–Crippen LogP) is 0.844. The molecule has 0 bridgehead atoms. The summed E-state index contributed by atoms with van der Waals surface area (Å²) in [4.78, 5) is 24.7. The van der Waals surface area contributed by atoms with Crippen LogP contribution in [0.1, 0.15) is 5.56 Å². The van der Waals surface area contributed by atoms with Crippen molar-refractivity contribution in [2.45, 2.75) is 6.54 Å². The van der Waals surface area contributed by atoms with Crippen molar-refractivity contribution < 1.29 is 14.3 Å². The fraction of sp³-hybridized carbons (Fsp3) is 0.385. The molecule has 19 heavy (non-hydrogen) atoms. The number of hydrogen-bond donors (Lipinski definition) is 1. The third-order valence-electron chi connectivity index (χ3n) is 2.83. The molecule has 102 valence electrons. The highest BCUT2D eigenvalue weighted by Gasteiger charge is 2.22. The maximum atomic E-state index is 11.8. The van der Waals surface area contributed by atoms with Gasteiger partial charge in [-0.2, -0.15) is 0 Å². The molecule has 0 radical (unpaired) electrons. The Bertz CT molecular complexity index is 479. The number of nitrogens with zero attached hydrogens (tertiary/aromatic N) is 1. The molecule has 0 aromatic heterocycles. The largest absolute Gasteiger partial charge is 0.496 e. The van der Waals surface area contributed by atoms with Gasteiger partial charge in [-0.15, -0.1) is 11.8 Å². The lowest BCUT2D eigenvalue weighted by Crippen LogP contribution is -2.37. The normalized spacial score (nSPS) is 14.6. The number of hydrogen-bond acceptors (Lipinski definition) is 4. The maximum Gasteiger partial charge on any atom is 0.239 e. The van der Waals surface area contributed by atoms with E-state index >= 15 is 0 Å². The third-order valence-corrected chi connectivity index (χ3v) is 3.77. The van der Waals surface area contributed by atoms with Crippen LogP contribution < -0.4 is 10.1 Å². The summed E-state index contributed by atoms with van der Waals surface area (Å²) in [5.41, 5.74) is 0.917. The summed E-state index contributed by atoms with van der Waals surface area (Å²) >= 11 is 1.53. The van der Waals surface area contributed by atoms with E-state index < -0.39 is 0 Å². The van der Waals surface area contributed by atoms with Crippen LogP contribution in [0, 0.1) is 0 Å². The van der Waals surface area contributed by atoms with Crippen molar-refractivity contribution >= 4 is 23.6 Å². The zero-order valence-corrected chi connectivity index (χ0v) is 11.5. The lowest BCUT2D eigenvalue weighted by Gasteiger charge is -2.14. The summed E-state index contributed by atoms with van der Waals surface area (Å²) < 4.78 is 5.21. The van der Waals surface area contributed by atoms with Crippen molar-refractivity contribution in [1.29, 1.82) is 0 Å². The van der Waals surface area contributed by atoms with Crippen molar-refractivity contribution in [3.05, 3.63) is 29.8 Å². The highest BCUT2D eigenvalue weighted by atomic mass is 32.2. The Morgan fingerprint density at radius 2 is 2.26 bits per heavy atom. The molecule has 0 aliphatic carbocycles. The Labute approximate surface area is 116 Å². The van der Waals surface area contributed by atoms with E-state index in [4.69, 9.17) is 4.74 Å². The van der Waals surface area contributed by atoms with Crippen LogP contribution >= 0.6 is 11.8 Å². The van der Waals surface area contributed by atoms with Gasteiger partial charge < -0.3 is 15.0 Å². The van der Waals surface area contributed by atoms with Crippen LogP contribution in [0.15, 0.2) is 24.3 Å². The molecular weight excluding hydrogens is 264 g/mol. The Kier molecular flexibility index (Phi) is 4.68. The fourth-order valence-corrected chi connectivity index (χ4v) is 2.72. The van der Waals surface area contributed by atoms with Crippen LogP contribution in [-0.2, 0) is 16.1 Å². The van der Waals surface area contributed by atoms with E-state index in [9.17, 15) is 9.59 Å². The smallest absolute Gasteiger partial charge is 0.239 e. The summed E-state index contributed by atoms with van der Waals surface area (Å²) in [7, 11) is 1.60. The van der Waals surface area contributed by atoms with E-state index in [0.717, 1.165) is 11.3 Å². The van der Waals surface area contributed by atoms with Crippen LogP contribution in [0.5, 0.6) is 5.75 Å². The lowest BCUT2D eigenvalue weighted by atomic mass is 10.2. The number of carbonyl (C=O) groups is 2. The minimum absolute atomic E-state index is 0.0254. The summed E-state index contributed by atoms with van der Waals surface area (Å²) in [6.07, 6.45) is 0. The number of methoxy groups -OCH3 is 1. The molecule has 5 nitrogen and oxygen atoms in total. The summed E-state index contributed by atoms with van der Waals surface area (Å²) in [5, 5.41) is 2.80. The molecule has 2 rings (SSSR count). The predicted molar refractivity (Wildman–Crippen MR) is 73.9 cm³/mol. The van der Waals surface area contributed by atoms with Crippen molar-refractivity contribution in [2.24, 2.45) is 0 Å². The topological polar surface area (TPSA) is 58.6 Å². The van der Waals surface area contributed by atoms with Gasteiger partial charge in [0, 0.05) is 12.1 Å². The quantitative estimate of drug-likeness (QED) is 0.868. The number of rotatable bonds is 5. The molecule has 1 aliphatic heterocycles. The van der Waals surface area contributed by atoms with E-state index in [1.807, 2.05) is 24.3 Å². The zero-order chi connectivity index (χ0) is 13.7. The SMILES string of the molecule is COc1ccccc1CNC(=O)CN1CSCC1=O. The highest BCUT2D eigenvalue weighted by molar-refractivity contribution is 8.00. The monoisotopic (exact) mass is 280 g/mol. The number of carbonyl (C=O) groups excluding carboxylic acids is 2. The van der Waals surface area contributed by atoms with Gasteiger partial charge in [-0.3, -0.25) is 9.59 Å². The maximum absolute atomic E-state index is 11.8. The molecule has 1 fully saturated rings. The summed E-state index contributed by atoms with van der Waals surface area (Å²) in [6.45, 7) is 0.527. The second kappa shape index (κ2) is 6.47. The summed E-state index contributed by atoms with van der Waals surface area (Å²) in [5.74, 6) is 1.69. The molecular formula is C13H16N2O3S. The van der Waals surface area contributed by atoms with Gasteiger partial charge in [0.15, 0.2) is 0 Å². The second-order valence-corrected chi connectivity index (χ2v) is 5.11. The molecule has 0 saturated carbocycles. The average molecular weight is 280 g/mol. The van der Waals surface area contributed by atoms with Crippen molar-refractivity contribution in [2.75, 3.05) is 25.3 Å². The molecule has 1 heterocycles. The number of amides is 2. The van der Waals surface area contributed by atoms with Gasteiger partial charge in [0.1, 0.15) is 12.3 Å². The lowest BCUT2D eigenvalue weighted by molar-refractivity contribution is -0.132. The van der Waals surface area contributed by atoms with E-state index in [0.29, 0.717) is 18.2 Å². The average Bonchev–Trinajstić information content (AvgIpc) is 2.82. The van der Waals surface area contributed by atoms with Crippen LogP contribution in [0.4, 0.5) is 0 Å². The first-order chi connectivity index (χ1) is 9.20. The van der Waals surface area contributed by atoms with E-state index in [1.54, 1.807) is 12.0 Å². The van der Waals surface area contributed by atoms with Crippen LogP contribution in [-0.4, -0.2) is 42.0 Å². The Hall–Kier alpha value is -1.69. The molecule has 2 amide bonds. The minimum Gasteiger partial charge on any atom is -0.496 e. The molecule has 1 aliphatic rings. The van der Waals surface area contributed by atoms with Crippen LogP contribution in [0.3, 0.4) is 0 Å². The van der Waals surface area contributed by atoms with E-state index in [-0.39, 0.29) is 18.4 Å². The number of nitrogens with one attached hydrogen (secondary N) is 1. The van der Waals surface area contributed by atoms with E-state index in [2.05, 4.69) is 5.32 Å². The fourth-order valence-electron chi connectivity index (χ4n) is 1.81. The van der Waals surface area contributed by atoms with Gasteiger partial charge >= 0.3 is 0 Å². The molecule has 1 aromatic carbocycles. The van der Waals surface area contributed by atoms with Crippen molar-refractivity contribution in [1.82, 2.24) is 10.2 Å². The van der Waals surface area contributed by atoms with E-state index in [1.165, 1.54) is 11.8 Å². The Morgan fingerprint density at radius 1 is 1.47 bits per heavy atom. The first-order valence-corrected chi connectivity index (χ1v) is 7.10. The molecule has 1 aromatic rings. The first-order valence-electron chi connectivity index (χ1n) is 5.95. The minimum atomic E-state index is -0.151. The van der Waals surface area contributed by atoms with Crippen molar-refractivity contribution in [3.63, 3.8) is 0 Å². The van der Waals surface area contributed by atoms with Gasteiger partial charge in [-0.1, -0.05) is 18.2 Å². The molecule has 0 spiro atoms. The number of thioether (sulfide) groups is 1. The molecule has 1 N–H and O–H groups in total. The van der Waals surface area contributed by atoms with Gasteiger partial charge in [0.25, 0.3) is 0 Å². The molecule has 6 heteroatoms. The Morgan fingerprint density at radius 3 is 2.95 bits per heavy atom. The number of ether oxygens (including phenoxy) is 1. The zero-order valence-electron chi connectivity index (χ0n) is 10.7. The van der Waals surface area contributed by atoms with Crippen LogP contribution in [0.25, 0.3) is 0 Å².